The zero-order valence-corrected chi connectivity index (χ0v) is 13.6. The summed E-state index contributed by atoms with van der Waals surface area (Å²) in [6.45, 7) is 2.99. The van der Waals surface area contributed by atoms with Crippen LogP contribution in [0.15, 0.2) is 22.7 Å². The molecule has 0 spiro atoms. The van der Waals surface area contributed by atoms with E-state index in [2.05, 4.69) is 33.5 Å². The van der Waals surface area contributed by atoms with E-state index in [1.165, 1.54) is 12.1 Å². The van der Waals surface area contributed by atoms with E-state index in [0.29, 0.717) is 11.0 Å². The minimum atomic E-state index is -0.475. The van der Waals surface area contributed by atoms with Crippen LogP contribution in [0.1, 0.15) is 43.0 Å². The lowest BCUT2D eigenvalue weighted by molar-refractivity contribution is -0.120. The fourth-order valence-corrected chi connectivity index (χ4v) is 2.17. The molecule has 0 heterocycles. The molecule has 0 fully saturated rings. The predicted octanol–water partition coefficient (Wildman–Crippen LogP) is 3.01. The standard InChI is InChI=1S/C15H20BrFN2O2/c1-2-3-4-8-18-14(20)7-9-19-15(21)12-10-11(17)5-6-13(12)16/h5-6,10H,2-4,7-9H2,1H3,(H,18,20)(H,19,21). The topological polar surface area (TPSA) is 58.2 Å². The molecule has 116 valence electrons. The van der Waals surface area contributed by atoms with Gasteiger partial charge in [0.2, 0.25) is 5.91 Å². The first kappa shape index (κ1) is 17.6. The summed E-state index contributed by atoms with van der Waals surface area (Å²) in [5, 5.41) is 5.40. The lowest BCUT2D eigenvalue weighted by atomic mass is 10.2. The minimum absolute atomic E-state index is 0.0929. The van der Waals surface area contributed by atoms with E-state index in [1.54, 1.807) is 0 Å². The molecule has 0 unspecified atom stereocenters. The Balaban J connectivity index is 2.30. The SMILES string of the molecule is CCCCCNC(=O)CCNC(=O)c1cc(F)ccc1Br. The number of hydrogen-bond donors (Lipinski definition) is 2. The van der Waals surface area contributed by atoms with Crippen LogP contribution in [0.4, 0.5) is 4.39 Å². The molecule has 2 N–H and O–H groups in total. The molecular weight excluding hydrogens is 339 g/mol. The number of unbranched alkanes of at least 4 members (excludes halogenated alkanes) is 2. The summed E-state index contributed by atoms with van der Waals surface area (Å²) in [5.74, 6) is -0.970. The fraction of sp³-hybridized carbons (Fsp3) is 0.467. The summed E-state index contributed by atoms with van der Waals surface area (Å²) < 4.78 is 13.6. The highest BCUT2D eigenvalue weighted by Gasteiger charge is 2.11. The average molecular weight is 359 g/mol. The van der Waals surface area contributed by atoms with Gasteiger partial charge in [0.05, 0.1) is 5.56 Å². The zero-order valence-electron chi connectivity index (χ0n) is 12.0. The third kappa shape index (κ3) is 6.71. The smallest absolute Gasteiger partial charge is 0.252 e. The van der Waals surface area contributed by atoms with E-state index in [1.807, 2.05) is 0 Å². The summed E-state index contributed by atoms with van der Waals surface area (Å²) in [6, 6.07) is 3.90. The van der Waals surface area contributed by atoms with Crippen molar-refractivity contribution in [2.75, 3.05) is 13.1 Å². The highest BCUT2D eigenvalue weighted by Crippen LogP contribution is 2.17. The quantitative estimate of drug-likeness (QED) is 0.701. The second kappa shape index (κ2) is 9.50. The molecule has 4 nitrogen and oxygen atoms in total. The Morgan fingerprint density at radius 3 is 2.67 bits per heavy atom. The Hall–Kier alpha value is -1.43. The molecule has 0 aliphatic rings. The Bertz CT molecular complexity index is 495. The lowest BCUT2D eigenvalue weighted by Crippen LogP contribution is -2.31. The van der Waals surface area contributed by atoms with Crippen molar-refractivity contribution < 1.29 is 14.0 Å². The third-order valence-electron chi connectivity index (χ3n) is 2.91. The maximum Gasteiger partial charge on any atom is 0.252 e. The summed E-state index contributed by atoms with van der Waals surface area (Å²) in [7, 11) is 0. The number of rotatable bonds is 8. The molecule has 0 aliphatic carbocycles. The molecular formula is C15H20BrFN2O2. The summed E-state index contributed by atoms with van der Waals surface area (Å²) in [6.07, 6.45) is 3.37. The van der Waals surface area contributed by atoms with Crippen molar-refractivity contribution in [3.8, 4) is 0 Å². The maximum absolute atomic E-state index is 13.1. The van der Waals surface area contributed by atoms with E-state index in [-0.39, 0.29) is 24.4 Å². The molecule has 6 heteroatoms. The van der Waals surface area contributed by atoms with Crippen molar-refractivity contribution in [1.29, 1.82) is 0 Å². The van der Waals surface area contributed by atoms with Gasteiger partial charge in [-0.15, -0.1) is 0 Å². The van der Waals surface area contributed by atoms with Crippen molar-refractivity contribution in [2.24, 2.45) is 0 Å². The molecule has 2 amide bonds. The summed E-state index contributed by atoms with van der Waals surface area (Å²) in [5.41, 5.74) is 0.221. The molecule has 0 atom stereocenters. The Morgan fingerprint density at radius 2 is 1.95 bits per heavy atom. The normalized spacial score (nSPS) is 10.2. The number of benzene rings is 1. The molecule has 1 aromatic carbocycles. The van der Waals surface area contributed by atoms with Crippen LogP contribution >= 0.6 is 15.9 Å². The van der Waals surface area contributed by atoms with Crippen LogP contribution in [0.3, 0.4) is 0 Å². The van der Waals surface area contributed by atoms with Crippen LogP contribution in [0.25, 0.3) is 0 Å². The van der Waals surface area contributed by atoms with Crippen molar-refractivity contribution >= 4 is 27.7 Å². The number of amides is 2. The highest BCUT2D eigenvalue weighted by atomic mass is 79.9. The van der Waals surface area contributed by atoms with Gasteiger partial charge in [-0.05, 0) is 40.5 Å². The number of hydrogen-bond acceptors (Lipinski definition) is 2. The number of nitrogens with one attached hydrogen (secondary N) is 2. The van der Waals surface area contributed by atoms with Gasteiger partial charge in [0.1, 0.15) is 5.82 Å². The monoisotopic (exact) mass is 358 g/mol. The van der Waals surface area contributed by atoms with Gasteiger partial charge in [-0.25, -0.2) is 4.39 Å². The summed E-state index contributed by atoms with van der Waals surface area (Å²) in [4.78, 5) is 23.4. The molecule has 1 aromatic rings. The second-order valence-corrected chi connectivity index (χ2v) is 5.54. The zero-order chi connectivity index (χ0) is 15.7. The van der Waals surface area contributed by atoms with Gasteiger partial charge in [0, 0.05) is 24.0 Å². The van der Waals surface area contributed by atoms with Gasteiger partial charge in [0.15, 0.2) is 0 Å². The largest absolute Gasteiger partial charge is 0.356 e. The number of carbonyl (C=O) groups is 2. The first-order chi connectivity index (χ1) is 10.0. The molecule has 1 rings (SSSR count). The second-order valence-electron chi connectivity index (χ2n) is 4.69. The van der Waals surface area contributed by atoms with Crippen molar-refractivity contribution in [3.63, 3.8) is 0 Å². The number of carbonyl (C=O) groups excluding carboxylic acids is 2. The Kier molecular flexibility index (Phi) is 7.97. The van der Waals surface area contributed by atoms with Crippen LogP contribution in [0, 0.1) is 5.82 Å². The van der Waals surface area contributed by atoms with Crippen LogP contribution in [-0.2, 0) is 4.79 Å². The van der Waals surface area contributed by atoms with Crippen LogP contribution in [-0.4, -0.2) is 24.9 Å². The highest BCUT2D eigenvalue weighted by molar-refractivity contribution is 9.10. The predicted molar refractivity (Wildman–Crippen MR) is 83.6 cm³/mol. The minimum Gasteiger partial charge on any atom is -0.356 e. The van der Waals surface area contributed by atoms with E-state index in [0.717, 1.165) is 25.3 Å². The molecule has 0 radical (unpaired) electrons. The van der Waals surface area contributed by atoms with Gasteiger partial charge < -0.3 is 10.6 Å². The van der Waals surface area contributed by atoms with E-state index < -0.39 is 11.7 Å². The molecule has 0 saturated heterocycles. The summed E-state index contributed by atoms with van der Waals surface area (Å²) >= 11 is 3.19. The van der Waals surface area contributed by atoms with E-state index in [4.69, 9.17) is 0 Å². The first-order valence-corrected chi connectivity index (χ1v) is 7.84. The van der Waals surface area contributed by atoms with Gasteiger partial charge >= 0.3 is 0 Å². The van der Waals surface area contributed by atoms with Gasteiger partial charge in [0.25, 0.3) is 5.91 Å². The molecule has 0 aromatic heterocycles. The van der Waals surface area contributed by atoms with Gasteiger partial charge in [-0.1, -0.05) is 19.8 Å². The molecule has 21 heavy (non-hydrogen) atoms. The van der Waals surface area contributed by atoms with Gasteiger partial charge in [-0.2, -0.15) is 0 Å². The van der Waals surface area contributed by atoms with Crippen molar-refractivity contribution in [2.45, 2.75) is 32.6 Å². The number of halogens is 2. The Morgan fingerprint density at radius 1 is 1.19 bits per heavy atom. The van der Waals surface area contributed by atoms with Crippen molar-refractivity contribution in [3.05, 3.63) is 34.1 Å². The maximum atomic E-state index is 13.1. The van der Waals surface area contributed by atoms with Crippen LogP contribution in [0.2, 0.25) is 0 Å². The van der Waals surface area contributed by atoms with Crippen LogP contribution in [0.5, 0.6) is 0 Å². The molecule has 0 aliphatic heterocycles. The Labute approximate surface area is 132 Å². The fourth-order valence-electron chi connectivity index (χ4n) is 1.75. The average Bonchev–Trinajstić information content (AvgIpc) is 2.46. The third-order valence-corrected chi connectivity index (χ3v) is 3.60. The van der Waals surface area contributed by atoms with Crippen LogP contribution < -0.4 is 10.6 Å². The van der Waals surface area contributed by atoms with Crippen molar-refractivity contribution in [1.82, 2.24) is 10.6 Å². The lowest BCUT2D eigenvalue weighted by Gasteiger charge is -2.08. The first-order valence-electron chi connectivity index (χ1n) is 7.04. The molecule has 0 saturated carbocycles. The van der Waals surface area contributed by atoms with E-state index in [9.17, 15) is 14.0 Å². The molecule has 0 bridgehead atoms. The van der Waals surface area contributed by atoms with Gasteiger partial charge in [-0.3, -0.25) is 9.59 Å². The van der Waals surface area contributed by atoms with E-state index >= 15 is 0 Å².